The van der Waals surface area contributed by atoms with Gasteiger partial charge in [0.1, 0.15) is 0 Å². The summed E-state index contributed by atoms with van der Waals surface area (Å²) in [6.45, 7) is 6.33. The molecule has 27 heavy (non-hydrogen) atoms. The van der Waals surface area contributed by atoms with Crippen LogP contribution < -0.4 is 9.80 Å². The van der Waals surface area contributed by atoms with E-state index in [4.69, 9.17) is 9.47 Å². The number of likely N-dealkylation sites (N-methyl/N-ethyl adjacent to an activating group) is 1. The van der Waals surface area contributed by atoms with Crippen molar-refractivity contribution in [2.75, 3.05) is 89.7 Å². The van der Waals surface area contributed by atoms with Crippen molar-refractivity contribution < 1.29 is 19.0 Å². The number of halogens is 1. The van der Waals surface area contributed by atoms with Crippen molar-refractivity contribution in [3.63, 3.8) is 0 Å². The molecule has 2 atom stereocenters. The van der Waals surface area contributed by atoms with Gasteiger partial charge in [0.05, 0.1) is 26.0 Å². The Balaban J connectivity index is 1.69. The molecule has 3 rings (SSSR count). The summed E-state index contributed by atoms with van der Waals surface area (Å²) in [6.07, 6.45) is 1.25. The van der Waals surface area contributed by atoms with Crippen molar-refractivity contribution in [1.29, 1.82) is 0 Å². The van der Waals surface area contributed by atoms with E-state index >= 15 is 0 Å². The van der Waals surface area contributed by atoms with Crippen molar-refractivity contribution in [3.05, 3.63) is 12.0 Å². The molecule has 0 radical (unpaired) electrons. The highest BCUT2D eigenvalue weighted by Gasteiger charge is 2.34. The van der Waals surface area contributed by atoms with Gasteiger partial charge < -0.3 is 29.3 Å². The van der Waals surface area contributed by atoms with Gasteiger partial charge in [0.2, 0.25) is 5.95 Å². The molecule has 0 amide bonds. The summed E-state index contributed by atoms with van der Waals surface area (Å²) in [5, 5.41) is 9.80. The summed E-state index contributed by atoms with van der Waals surface area (Å²) in [4.78, 5) is 14.9. The predicted octanol–water partition coefficient (Wildman–Crippen LogP) is 0.0752. The van der Waals surface area contributed by atoms with Crippen molar-refractivity contribution in [3.8, 4) is 0 Å². The maximum absolute atomic E-state index is 14.3. The van der Waals surface area contributed by atoms with Gasteiger partial charge in [0.25, 0.3) is 0 Å². The third-order valence-electron chi connectivity index (χ3n) is 5.34. The predicted molar refractivity (Wildman–Crippen MR) is 101 cm³/mol. The third kappa shape index (κ3) is 5.04. The number of hydrogen-bond donors (Lipinski definition) is 1. The van der Waals surface area contributed by atoms with Gasteiger partial charge in [-0.05, 0) is 13.0 Å². The number of methoxy groups -OCH3 is 1. The molecule has 3 heterocycles. The summed E-state index contributed by atoms with van der Waals surface area (Å²) in [7, 11) is 3.75. The summed E-state index contributed by atoms with van der Waals surface area (Å²) in [5.74, 6) is 0.908. The van der Waals surface area contributed by atoms with Crippen molar-refractivity contribution in [2.24, 2.45) is 11.8 Å². The van der Waals surface area contributed by atoms with Gasteiger partial charge in [0.15, 0.2) is 11.6 Å². The molecule has 8 nitrogen and oxygen atoms in total. The molecule has 1 N–H and O–H groups in total. The first kappa shape index (κ1) is 20.2. The lowest BCUT2D eigenvalue weighted by atomic mass is 9.96. The number of hydrogen-bond acceptors (Lipinski definition) is 8. The van der Waals surface area contributed by atoms with Gasteiger partial charge in [-0.3, -0.25) is 0 Å². The topological polar surface area (TPSA) is 74.2 Å². The summed E-state index contributed by atoms with van der Waals surface area (Å²) < 4.78 is 24.7. The largest absolute Gasteiger partial charge is 0.396 e. The molecule has 152 valence electrons. The molecule has 2 aliphatic heterocycles. The maximum Gasteiger partial charge on any atom is 0.227 e. The van der Waals surface area contributed by atoms with Crippen molar-refractivity contribution in [1.82, 2.24) is 14.9 Å². The maximum atomic E-state index is 14.3. The SMILES string of the molecule is COCCN(C)CC1CN(c2ncc(F)c(N3CCOCC3)n2)CC1CO. The molecule has 1 aromatic rings. The van der Waals surface area contributed by atoms with E-state index in [0.29, 0.717) is 57.1 Å². The number of morpholine rings is 1. The van der Waals surface area contributed by atoms with Crippen LogP contribution in [0.25, 0.3) is 0 Å². The molecule has 0 spiro atoms. The van der Waals surface area contributed by atoms with Crippen LogP contribution in [0.3, 0.4) is 0 Å². The highest BCUT2D eigenvalue weighted by molar-refractivity contribution is 5.46. The van der Waals surface area contributed by atoms with Gasteiger partial charge in [-0.25, -0.2) is 9.37 Å². The molecule has 2 saturated heterocycles. The number of aliphatic hydroxyl groups excluding tert-OH is 1. The Bertz CT molecular complexity index is 602. The Morgan fingerprint density at radius 3 is 2.74 bits per heavy atom. The molecular formula is C18H30FN5O3. The van der Waals surface area contributed by atoms with Crippen LogP contribution in [0.15, 0.2) is 6.20 Å². The average molecular weight is 383 g/mol. The standard InChI is InChI=1S/C18H30FN5O3/c1-22(3-6-26-2)10-14-11-24(12-15(14)13-25)18-20-9-16(19)17(21-18)23-4-7-27-8-5-23/h9,14-15,25H,3-8,10-13H2,1-2H3. The first-order chi connectivity index (χ1) is 13.1. The number of rotatable bonds is 8. The number of ether oxygens (including phenoxy) is 2. The van der Waals surface area contributed by atoms with Gasteiger partial charge in [-0.15, -0.1) is 0 Å². The molecule has 2 fully saturated rings. The number of nitrogens with zero attached hydrogens (tertiary/aromatic N) is 5. The first-order valence-corrected chi connectivity index (χ1v) is 9.51. The van der Waals surface area contributed by atoms with E-state index in [9.17, 15) is 9.50 Å². The summed E-state index contributed by atoms with van der Waals surface area (Å²) in [5.41, 5.74) is 0. The number of aromatic nitrogens is 2. The fraction of sp³-hybridized carbons (Fsp3) is 0.778. The Morgan fingerprint density at radius 2 is 2.04 bits per heavy atom. The van der Waals surface area contributed by atoms with Crippen LogP contribution in [0.5, 0.6) is 0 Å². The van der Waals surface area contributed by atoms with E-state index < -0.39 is 5.82 Å². The summed E-state index contributed by atoms with van der Waals surface area (Å²) >= 11 is 0. The van der Waals surface area contributed by atoms with Gasteiger partial charge >= 0.3 is 0 Å². The Morgan fingerprint density at radius 1 is 1.30 bits per heavy atom. The first-order valence-electron chi connectivity index (χ1n) is 9.51. The summed E-state index contributed by atoms with van der Waals surface area (Å²) in [6, 6.07) is 0. The van der Waals surface area contributed by atoms with Crippen LogP contribution in [0.1, 0.15) is 0 Å². The fourth-order valence-electron chi connectivity index (χ4n) is 3.75. The lowest BCUT2D eigenvalue weighted by Crippen LogP contribution is -2.38. The van der Waals surface area contributed by atoms with Crippen LogP contribution >= 0.6 is 0 Å². The highest BCUT2D eigenvalue weighted by Crippen LogP contribution is 2.28. The lowest BCUT2D eigenvalue weighted by molar-refractivity contribution is 0.122. The molecule has 2 unspecified atom stereocenters. The molecule has 0 saturated carbocycles. The van der Waals surface area contributed by atoms with Crippen molar-refractivity contribution in [2.45, 2.75) is 0 Å². The molecular weight excluding hydrogens is 353 g/mol. The van der Waals surface area contributed by atoms with Gasteiger partial charge in [-0.2, -0.15) is 4.98 Å². The minimum Gasteiger partial charge on any atom is -0.396 e. The average Bonchev–Trinajstić information content (AvgIpc) is 3.10. The van der Waals surface area contributed by atoms with Crippen LogP contribution in [-0.2, 0) is 9.47 Å². The van der Waals surface area contributed by atoms with Crippen LogP contribution in [0.4, 0.5) is 16.2 Å². The second-order valence-corrected chi connectivity index (χ2v) is 7.30. The van der Waals surface area contributed by atoms with E-state index in [1.54, 1.807) is 7.11 Å². The third-order valence-corrected chi connectivity index (χ3v) is 5.34. The quantitative estimate of drug-likeness (QED) is 0.676. The van der Waals surface area contributed by atoms with Crippen molar-refractivity contribution >= 4 is 11.8 Å². The minimum absolute atomic E-state index is 0.122. The smallest absolute Gasteiger partial charge is 0.227 e. The minimum atomic E-state index is -0.408. The molecule has 2 aliphatic rings. The second-order valence-electron chi connectivity index (χ2n) is 7.30. The van der Waals surface area contributed by atoms with Crippen LogP contribution in [0, 0.1) is 17.7 Å². The Hall–Kier alpha value is -1.55. The van der Waals surface area contributed by atoms with E-state index in [1.807, 2.05) is 4.90 Å². The van der Waals surface area contributed by atoms with Crippen LogP contribution in [0.2, 0.25) is 0 Å². The number of aliphatic hydroxyl groups is 1. The molecule has 0 aromatic carbocycles. The van der Waals surface area contributed by atoms with E-state index in [-0.39, 0.29) is 12.5 Å². The molecule has 1 aromatic heterocycles. The number of anilines is 2. The fourth-order valence-corrected chi connectivity index (χ4v) is 3.75. The molecule has 9 heteroatoms. The molecule has 0 aliphatic carbocycles. The van der Waals surface area contributed by atoms with E-state index in [1.165, 1.54) is 6.20 Å². The van der Waals surface area contributed by atoms with Gasteiger partial charge in [-0.1, -0.05) is 0 Å². The van der Waals surface area contributed by atoms with E-state index in [2.05, 4.69) is 26.8 Å². The zero-order chi connectivity index (χ0) is 19.2. The normalized spacial score (nSPS) is 23.4. The Kier molecular flexibility index (Phi) is 7.17. The zero-order valence-electron chi connectivity index (χ0n) is 16.2. The lowest BCUT2D eigenvalue weighted by Gasteiger charge is -2.28. The second kappa shape index (κ2) is 9.59. The highest BCUT2D eigenvalue weighted by atomic mass is 19.1. The van der Waals surface area contributed by atoms with E-state index in [0.717, 1.165) is 19.6 Å². The monoisotopic (exact) mass is 383 g/mol. The van der Waals surface area contributed by atoms with Crippen LogP contribution in [-0.4, -0.2) is 99.8 Å². The zero-order valence-corrected chi connectivity index (χ0v) is 16.2. The Labute approximate surface area is 159 Å². The van der Waals surface area contributed by atoms with Gasteiger partial charge in [0, 0.05) is 58.9 Å². The molecule has 0 bridgehead atoms.